The number of esters is 2. The van der Waals surface area contributed by atoms with E-state index < -0.39 is 11.9 Å². The fourth-order valence-corrected chi connectivity index (χ4v) is 6.47. The molecule has 3 aliphatic carbocycles. The van der Waals surface area contributed by atoms with Gasteiger partial charge in [0.2, 0.25) is 0 Å². The van der Waals surface area contributed by atoms with Crippen molar-refractivity contribution in [3.8, 4) is 0 Å². The van der Waals surface area contributed by atoms with Crippen LogP contribution in [0.15, 0.2) is 24.3 Å². The summed E-state index contributed by atoms with van der Waals surface area (Å²) in [6.45, 7) is 11.8. The number of rotatable bonds is 5. The van der Waals surface area contributed by atoms with Gasteiger partial charge < -0.3 is 9.47 Å². The van der Waals surface area contributed by atoms with Crippen molar-refractivity contribution in [2.75, 3.05) is 13.7 Å². The van der Waals surface area contributed by atoms with Crippen molar-refractivity contribution in [2.45, 2.75) is 72.1 Å². The lowest BCUT2D eigenvalue weighted by Gasteiger charge is -2.59. The average Bonchev–Trinajstić information content (AvgIpc) is 2.65. The monoisotopic (exact) mass is 388 g/mol. The van der Waals surface area contributed by atoms with Gasteiger partial charge in [0.1, 0.15) is 13.0 Å². The molecule has 0 aromatic rings. The average molecular weight is 389 g/mol. The second-order valence-corrected chi connectivity index (χ2v) is 10.2. The first-order chi connectivity index (χ1) is 13.2. The van der Waals surface area contributed by atoms with Crippen LogP contribution in [0.3, 0.4) is 0 Å². The van der Waals surface area contributed by atoms with Crippen LogP contribution in [-0.4, -0.2) is 25.7 Å². The van der Waals surface area contributed by atoms with E-state index in [1.807, 2.05) is 6.08 Å². The molecule has 4 atom stereocenters. The molecule has 4 nitrogen and oxygen atoms in total. The molecule has 0 amide bonds. The SMILES string of the molecule is C=C[C@]1(COC(=O)CC(=O)OC)CC[C@H]2C(=CC[C@H]3C(C)(C)CCC[C@@]23C)C1. The molecule has 0 aromatic heterocycles. The van der Waals surface area contributed by atoms with Gasteiger partial charge in [0.25, 0.3) is 0 Å². The number of methoxy groups -OCH3 is 1. The third-order valence-corrected chi connectivity index (χ3v) is 8.09. The van der Waals surface area contributed by atoms with E-state index in [0.717, 1.165) is 31.6 Å². The van der Waals surface area contributed by atoms with E-state index in [2.05, 4.69) is 38.2 Å². The second kappa shape index (κ2) is 7.68. The third-order valence-electron chi connectivity index (χ3n) is 8.09. The van der Waals surface area contributed by atoms with Gasteiger partial charge in [-0.1, -0.05) is 44.9 Å². The standard InChI is InChI=1S/C24H36O4/c1-6-24(16-28-21(26)14-20(25)27-5)13-10-18-17(15-24)8-9-19-22(2,3)11-7-12-23(18,19)4/h6,8,18-19H,1,7,9-16H2,2-5H3/t18-,19-,23-,24-/m0/s1. The summed E-state index contributed by atoms with van der Waals surface area (Å²) in [6, 6.07) is 0. The number of carbonyl (C=O) groups is 2. The first-order valence-electron chi connectivity index (χ1n) is 10.7. The zero-order valence-corrected chi connectivity index (χ0v) is 18.0. The Hall–Kier alpha value is -1.58. The number of ether oxygens (including phenoxy) is 2. The minimum Gasteiger partial charge on any atom is -0.469 e. The Balaban J connectivity index is 1.72. The Bertz CT molecular complexity index is 676. The molecule has 0 radical (unpaired) electrons. The van der Waals surface area contributed by atoms with E-state index in [1.54, 1.807) is 0 Å². The number of hydrogen-bond donors (Lipinski definition) is 0. The van der Waals surface area contributed by atoms with E-state index in [4.69, 9.17) is 4.74 Å². The molecular weight excluding hydrogens is 352 g/mol. The number of fused-ring (bicyclic) bond motifs is 3. The molecule has 156 valence electrons. The Kier molecular flexibility index (Phi) is 5.80. The summed E-state index contributed by atoms with van der Waals surface area (Å²) >= 11 is 0. The van der Waals surface area contributed by atoms with E-state index in [0.29, 0.717) is 23.4 Å². The van der Waals surface area contributed by atoms with Gasteiger partial charge in [-0.15, -0.1) is 6.58 Å². The summed E-state index contributed by atoms with van der Waals surface area (Å²) in [5, 5.41) is 0. The highest BCUT2D eigenvalue weighted by Gasteiger charge is 2.54. The molecular formula is C24H36O4. The van der Waals surface area contributed by atoms with Gasteiger partial charge in [0.05, 0.1) is 7.11 Å². The van der Waals surface area contributed by atoms with E-state index in [1.165, 1.54) is 31.9 Å². The fourth-order valence-electron chi connectivity index (χ4n) is 6.47. The molecule has 0 aliphatic heterocycles. The zero-order chi connectivity index (χ0) is 20.6. The van der Waals surface area contributed by atoms with Crippen molar-refractivity contribution in [1.82, 2.24) is 0 Å². The normalized spacial score (nSPS) is 36.4. The molecule has 28 heavy (non-hydrogen) atoms. The molecule has 2 fully saturated rings. The number of hydrogen-bond acceptors (Lipinski definition) is 4. The molecule has 0 N–H and O–H groups in total. The van der Waals surface area contributed by atoms with Crippen molar-refractivity contribution in [1.29, 1.82) is 0 Å². The first-order valence-corrected chi connectivity index (χ1v) is 10.7. The van der Waals surface area contributed by atoms with Crippen LogP contribution in [0.1, 0.15) is 72.1 Å². The molecule has 4 heteroatoms. The largest absolute Gasteiger partial charge is 0.469 e. The lowest BCUT2D eigenvalue weighted by atomic mass is 9.46. The van der Waals surface area contributed by atoms with Gasteiger partial charge in [-0.25, -0.2) is 0 Å². The fraction of sp³-hybridized carbons (Fsp3) is 0.750. The van der Waals surface area contributed by atoms with Gasteiger partial charge in [-0.3, -0.25) is 9.59 Å². The van der Waals surface area contributed by atoms with E-state index >= 15 is 0 Å². The van der Waals surface area contributed by atoms with Crippen molar-refractivity contribution in [3.63, 3.8) is 0 Å². The number of carbonyl (C=O) groups excluding carboxylic acids is 2. The quantitative estimate of drug-likeness (QED) is 0.368. The highest BCUT2D eigenvalue weighted by molar-refractivity contribution is 5.91. The number of allylic oxidation sites excluding steroid dienone is 2. The summed E-state index contributed by atoms with van der Waals surface area (Å²) in [6.07, 6.45) is 12.3. The van der Waals surface area contributed by atoms with Crippen LogP contribution in [0.5, 0.6) is 0 Å². The van der Waals surface area contributed by atoms with Gasteiger partial charge in [-0.2, -0.15) is 0 Å². The lowest BCUT2D eigenvalue weighted by Crippen LogP contribution is -2.50. The predicted molar refractivity (Wildman–Crippen MR) is 109 cm³/mol. The minimum absolute atomic E-state index is 0.221. The van der Waals surface area contributed by atoms with Crippen LogP contribution < -0.4 is 0 Å². The maximum atomic E-state index is 11.9. The maximum Gasteiger partial charge on any atom is 0.317 e. The third kappa shape index (κ3) is 3.79. The molecule has 0 aromatic carbocycles. The molecule has 0 saturated heterocycles. The highest BCUT2D eigenvalue weighted by Crippen LogP contribution is 2.63. The maximum absolute atomic E-state index is 11.9. The summed E-state index contributed by atoms with van der Waals surface area (Å²) in [5.74, 6) is 0.297. The summed E-state index contributed by atoms with van der Waals surface area (Å²) < 4.78 is 10.00. The highest BCUT2D eigenvalue weighted by atomic mass is 16.5. The van der Waals surface area contributed by atoms with Crippen LogP contribution in [0.2, 0.25) is 0 Å². The predicted octanol–water partition coefficient (Wildman–Crippen LogP) is 5.23. The van der Waals surface area contributed by atoms with Crippen molar-refractivity contribution in [3.05, 3.63) is 24.3 Å². The second-order valence-electron chi connectivity index (χ2n) is 10.2. The molecule has 3 aliphatic rings. The van der Waals surface area contributed by atoms with Gasteiger partial charge in [-0.05, 0) is 61.2 Å². The van der Waals surface area contributed by atoms with Gasteiger partial charge in [0.15, 0.2) is 0 Å². The molecule has 2 saturated carbocycles. The van der Waals surface area contributed by atoms with Crippen LogP contribution in [-0.2, 0) is 19.1 Å². The molecule has 0 spiro atoms. The Labute approximate surface area is 169 Å². The van der Waals surface area contributed by atoms with Crippen LogP contribution in [0.4, 0.5) is 0 Å². The Morgan fingerprint density at radius 3 is 2.64 bits per heavy atom. The summed E-state index contributed by atoms with van der Waals surface area (Å²) in [5.41, 5.74) is 2.10. The van der Waals surface area contributed by atoms with E-state index in [-0.39, 0.29) is 11.8 Å². The first kappa shape index (κ1) is 21.1. The van der Waals surface area contributed by atoms with Crippen molar-refractivity contribution >= 4 is 11.9 Å². The lowest BCUT2D eigenvalue weighted by molar-refractivity contribution is -0.155. The summed E-state index contributed by atoms with van der Waals surface area (Å²) in [4.78, 5) is 23.2. The molecule has 0 unspecified atom stereocenters. The topological polar surface area (TPSA) is 52.6 Å². The van der Waals surface area contributed by atoms with Crippen molar-refractivity contribution < 1.29 is 19.1 Å². The molecule has 0 bridgehead atoms. The zero-order valence-electron chi connectivity index (χ0n) is 18.0. The van der Waals surface area contributed by atoms with Crippen LogP contribution in [0.25, 0.3) is 0 Å². The Morgan fingerprint density at radius 1 is 1.21 bits per heavy atom. The Morgan fingerprint density at radius 2 is 1.96 bits per heavy atom. The van der Waals surface area contributed by atoms with E-state index in [9.17, 15) is 9.59 Å². The minimum atomic E-state index is -0.560. The van der Waals surface area contributed by atoms with Crippen LogP contribution in [0, 0.1) is 28.1 Å². The molecule has 0 heterocycles. The van der Waals surface area contributed by atoms with Crippen molar-refractivity contribution in [2.24, 2.45) is 28.1 Å². The molecule has 3 rings (SSSR count). The van der Waals surface area contributed by atoms with Crippen LogP contribution >= 0.6 is 0 Å². The van der Waals surface area contributed by atoms with Gasteiger partial charge >= 0.3 is 11.9 Å². The smallest absolute Gasteiger partial charge is 0.317 e. The summed E-state index contributed by atoms with van der Waals surface area (Å²) in [7, 11) is 1.28. The van der Waals surface area contributed by atoms with Gasteiger partial charge in [0, 0.05) is 5.41 Å².